The van der Waals surface area contributed by atoms with E-state index in [-0.39, 0.29) is 0 Å². The summed E-state index contributed by atoms with van der Waals surface area (Å²) in [5.74, 6) is 0.420. The number of rotatable bonds is 4. The molecule has 1 heterocycles. The van der Waals surface area contributed by atoms with Crippen LogP contribution in [0.4, 0.5) is 0 Å². The van der Waals surface area contributed by atoms with E-state index >= 15 is 0 Å². The van der Waals surface area contributed by atoms with Crippen LogP contribution >= 0.6 is 11.6 Å². The minimum atomic E-state index is 0.420. The molecule has 0 bridgehead atoms. The van der Waals surface area contributed by atoms with Gasteiger partial charge in [-0.3, -0.25) is 0 Å². The van der Waals surface area contributed by atoms with Crippen molar-refractivity contribution in [2.75, 3.05) is 6.54 Å². The van der Waals surface area contributed by atoms with E-state index in [1.165, 1.54) is 0 Å². The highest BCUT2D eigenvalue weighted by Crippen LogP contribution is 2.24. The number of hydrogen-bond donors (Lipinski definition) is 1. The van der Waals surface area contributed by atoms with Crippen LogP contribution < -0.4 is 5.73 Å². The first-order chi connectivity index (χ1) is 8.63. The zero-order valence-electron chi connectivity index (χ0n) is 10.7. The fraction of sp³-hybridized carbons (Fsp3) is 0.357. The van der Waals surface area contributed by atoms with E-state index in [9.17, 15) is 0 Å². The average molecular weight is 264 g/mol. The van der Waals surface area contributed by atoms with Crippen LogP contribution in [0.15, 0.2) is 30.5 Å². The third-order valence-corrected chi connectivity index (χ3v) is 3.29. The van der Waals surface area contributed by atoms with Gasteiger partial charge in [-0.25, -0.2) is 4.68 Å². The highest BCUT2D eigenvalue weighted by Gasteiger charge is 2.10. The molecule has 0 radical (unpaired) electrons. The molecule has 0 saturated heterocycles. The van der Waals surface area contributed by atoms with Crippen molar-refractivity contribution < 1.29 is 0 Å². The van der Waals surface area contributed by atoms with Gasteiger partial charge in [0.1, 0.15) is 0 Å². The van der Waals surface area contributed by atoms with Crippen LogP contribution in [0.25, 0.3) is 5.69 Å². The Morgan fingerprint density at radius 3 is 2.72 bits per heavy atom. The summed E-state index contributed by atoms with van der Waals surface area (Å²) in [5.41, 5.74) is 8.79. The highest BCUT2D eigenvalue weighted by molar-refractivity contribution is 6.31. The zero-order valence-corrected chi connectivity index (χ0v) is 11.5. The number of hydrogen-bond acceptors (Lipinski definition) is 2. The SMILES string of the molecule is CC(C)c1ccn(-c2cccc(Cl)c2CCN)n1. The summed E-state index contributed by atoms with van der Waals surface area (Å²) in [6, 6.07) is 7.89. The van der Waals surface area contributed by atoms with Gasteiger partial charge in [-0.15, -0.1) is 0 Å². The van der Waals surface area contributed by atoms with Crippen molar-refractivity contribution in [3.63, 3.8) is 0 Å². The summed E-state index contributed by atoms with van der Waals surface area (Å²) in [7, 11) is 0. The number of aromatic nitrogens is 2. The first-order valence-electron chi connectivity index (χ1n) is 6.17. The van der Waals surface area contributed by atoms with Crippen molar-refractivity contribution in [2.45, 2.75) is 26.2 Å². The monoisotopic (exact) mass is 263 g/mol. The lowest BCUT2D eigenvalue weighted by Crippen LogP contribution is -2.08. The van der Waals surface area contributed by atoms with Crippen LogP contribution in [0.5, 0.6) is 0 Å². The molecular formula is C14H18ClN3. The molecular weight excluding hydrogens is 246 g/mol. The van der Waals surface area contributed by atoms with E-state index in [1.54, 1.807) is 0 Å². The van der Waals surface area contributed by atoms with E-state index in [1.807, 2.05) is 35.1 Å². The quantitative estimate of drug-likeness (QED) is 0.921. The Kier molecular flexibility index (Phi) is 4.04. The van der Waals surface area contributed by atoms with Gasteiger partial charge in [-0.05, 0) is 42.6 Å². The molecule has 0 fully saturated rings. The smallest absolute Gasteiger partial charge is 0.0692 e. The largest absolute Gasteiger partial charge is 0.330 e. The number of nitrogens with two attached hydrogens (primary N) is 1. The minimum absolute atomic E-state index is 0.420. The van der Waals surface area contributed by atoms with Gasteiger partial charge in [0, 0.05) is 11.2 Å². The topological polar surface area (TPSA) is 43.8 Å². The van der Waals surface area contributed by atoms with E-state index in [0.29, 0.717) is 12.5 Å². The molecule has 0 aliphatic heterocycles. The normalized spacial score (nSPS) is 11.2. The predicted octanol–water partition coefficient (Wildman–Crippen LogP) is 3.15. The summed E-state index contributed by atoms with van der Waals surface area (Å²) in [5, 5.41) is 5.33. The van der Waals surface area contributed by atoms with Crippen LogP contribution in [0.3, 0.4) is 0 Å². The minimum Gasteiger partial charge on any atom is -0.330 e. The van der Waals surface area contributed by atoms with Crippen molar-refractivity contribution in [2.24, 2.45) is 5.73 Å². The predicted molar refractivity (Wildman–Crippen MR) is 75.4 cm³/mol. The molecule has 2 rings (SSSR count). The fourth-order valence-corrected chi connectivity index (χ4v) is 2.20. The summed E-state index contributed by atoms with van der Waals surface area (Å²) in [4.78, 5) is 0. The average Bonchev–Trinajstić information content (AvgIpc) is 2.81. The second kappa shape index (κ2) is 5.55. The zero-order chi connectivity index (χ0) is 13.1. The van der Waals surface area contributed by atoms with Gasteiger partial charge in [0.25, 0.3) is 0 Å². The lowest BCUT2D eigenvalue weighted by molar-refractivity contribution is 0.762. The van der Waals surface area contributed by atoms with E-state index in [0.717, 1.165) is 28.4 Å². The van der Waals surface area contributed by atoms with E-state index in [2.05, 4.69) is 18.9 Å². The van der Waals surface area contributed by atoms with Crippen molar-refractivity contribution in [1.29, 1.82) is 0 Å². The first kappa shape index (κ1) is 13.1. The second-order valence-electron chi connectivity index (χ2n) is 4.62. The molecule has 0 spiro atoms. The van der Waals surface area contributed by atoms with E-state index in [4.69, 9.17) is 17.3 Å². The van der Waals surface area contributed by atoms with Gasteiger partial charge >= 0.3 is 0 Å². The number of halogens is 1. The summed E-state index contributed by atoms with van der Waals surface area (Å²) in [6.07, 6.45) is 2.73. The molecule has 0 atom stereocenters. The molecule has 2 N–H and O–H groups in total. The van der Waals surface area contributed by atoms with Crippen molar-refractivity contribution >= 4 is 11.6 Å². The maximum Gasteiger partial charge on any atom is 0.0692 e. The second-order valence-corrected chi connectivity index (χ2v) is 5.02. The number of nitrogens with zero attached hydrogens (tertiary/aromatic N) is 2. The van der Waals surface area contributed by atoms with Crippen LogP contribution in [0.2, 0.25) is 5.02 Å². The highest BCUT2D eigenvalue weighted by atomic mass is 35.5. The Balaban J connectivity index is 2.45. The Hall–Kier alpha value is -1.32. The summed E-state index contributed by atoms with van der Waals surface area (Å²) >= 11 is 6.23. The molecule has 0 aliphatic rings. The molecule has 96 valence electrons. The van der Waals surface area contributed by atoms with Gasteiger partial charge in [-0.2, -0.15) is 5.10 Å². The molecule has 0 aliphatic carbocycles. The van der Waals surface area contributed by atoms with Crippen LogP contribution in [0, 0.1) is 0 Å². The molecule has 2 aromatic rings. The molecule has 0 unspecified atom stereocenters. The van der Waals surface area contributed by atoms with Gasteiger partial charge in [-0.1, -0.05) is 31.5 Å². The van der Waals surface area contributed by atoms with Crippen molar-refractivity contribution in [3.05, 3.63) is 46.7 Å². The first-order valence-corrected chi connectivity index (χ1v) is 6.54. The Labute approximate surface area is 113 Å². The Morgan fingerprint density at radius 2 is 2.11 bits per heavy atom. The van der Waals surface area contributed by atoms with Gasteiger partial charge in [0.05, 0.1) is 11.4 Å². The van der Waals surface area contributed by atoms with Gasteiger partial charge in [0.2, 0.25) is 0 Å². The van der Waals surface area contributed by atoms with Crippen LogP contribution in [-0.2, 0) is 6.42 Å². The molecule has 0 amide bonds. The van der Waals surface area contributed by atoms with E-state index < -0.39 is 0 Å². The van der Waals surface area contributed by atoms with Crippen molar-refractivity contribution in [3.8, 4) is 5.69 Å². The van der Waals surface area contributed by atoms with Crippen LogP contribution in [0.1, 0.15) is 31.0 Å². The molecule has 0 saturated carbocycles. The van der Waals surface area contributed by atoms with Gasteiger partial charge in [0.15, 0.2) is 0 Å². The summed E-state index contributed by atoms with van der Waals surface area (Å²) in [6.45, 7) is 4.84. The lowest BCUT2D eigenvalue weighted by atomic mass is 10.1. The molecule has 3 nitrogen and oxygen atoms in total. The van der Waals surface area contributed by atoms with Crippen LogP contribution in [-0.4, -0.2) is 16.3 Å². The Bertz CT molecular complexity index is 532. The third-order valence-electron chi connectivity index (χ3n) is 2.94. The standard InChI is InChI=1S/C14H18ClN3/c1-10(2)13-7-9-18(17-13)14-5-3-4-12(15)11(14)6-8-16/h3-5,7,9-10H,6,8,16H2,1-2H3. The molecule has 1 aromatic heterocycles. The summed E-state index contributed by atoms with van der Waals surface area (Å²) < 4.78 is 1.88. The maximum atomic E-state index is 6.23. The maximum absolute atomic E-state index is 6.23. The lowest BCUT2D eigenvalue weighted by Gasteiger charge is -2.10. The molecule has 4 heteroatoms. The Morgan fingerprint density at radius 1 is 1.33 bits per heavy atom. The third kappa shape index (κ3) is 2.57. The molecule has 18 heavy (non-hydrogen) atoms. The number of benzene rings is 1. The van der Waals surface area contributed by atoms with Gasteiger partial charge < -0.3 is 5.73 Å². The van der Waals surface area contributed by atoms with Crippen molar-refractivity contribution in [1.82, 2.24) is 9.78 Å². The fourth-order valence-electron chi connectivity index (χ4n) is 1.93. The molecule has 1 aromatic carbocycles.